The van der Waals surface area contributed by atoms with Gasteiger partial charge in [0, 0.05) is 0 Å². The lowest BCUT2D eigenvalue weighted by atomic mass is 9.85. The smallest absolute Gasteiger partial charge is 0.0169 e. The second kappa shape index (κ2) is 5.52. The first-order valence-electron chi connectivity index (χ1n) is 6.81. The SMILES string of the molecule is CC=C1CC2CC1CC2C=CC/C=C\CC. The highest BCUT2D eigenvalue weighted by Crippen LogP contribution is 2.51. The summed E-state index contributed by atoms with van der Waals surface area (Å²) in [6.07, 6.45) is 18.3. The summed E-state index contributed by atoms with van der Waals surface area (Å²) in [5.74, 6) is 2.77. The predicted octanol–water partition coefficient (Wildman–Crippen LogP) is 4.89. The molecule has 16 heavy (non-hydrogen) atoms. The molecule has 0 N–H and O–H groups in total. The number of hydrogen-bond acceptors (Lipinski definition) is 0. The molecule has 2 rings (SSSR count). The first-order chi connectivity index (χ1) is 7.85. The zero-order valence-electron chi connectivity index (χ0n) is 10.7. The highest BCUT2D eigenvalue weighted by molar-refractivity contribution is 5.20. The molecular formula is C16H24. The van der Waals surface area contributed by atoms with Crippen LogP contribution in [0, 0.1) is 17.8 Å². The molecule has 0 nitrogen and oxygen atoms in total. The summed E-state index contributed by atoms with van der Waals surface area (Å²) in [5.41, 5.74) is 1.74. The molecule has 2 aliphatic rings. The van der Waals surface area contributed by atoms with Gasteiger partial charge < -0.3 is 0 Å². The van der Waals surface area contributed by atoms with E-state index in [2.05, 4.69) is 44.2 Å². The molecule has 0 amide bonds. The van der Waals surface area contributed by atoms with E-state index in [-0.39, 0.29) is 0 Å². The van der Waals surface area contributed by atoms with Gasteiger partial charge in [0.1, 0.15) is 0 Å². The third-order valence-corrected chi connectivity index (χ3v) is 4.20. The molecule has 0 heteroatoms. The Balaban J connectivity index is 1.80. The van der Waals surface area contributed by atoms with E-state index in [0.29, 0.717) is 0 Å². The quantitative estimate of drug-likeness (QED) is 0.587. The fourth-order valence-corrected chi connectivity index (χ4v) is 3.35. The monoisotopic (exact) mass is 216 g/mol. The van der Waals surface area contributed by atoms with Crippen LogP contribution in [0.25, 0.3) is 0 Å². The van der Waals surface area contributed by atoms with Crippen molar-refractivity contribution < 1.29 is 0 Å². The average Bonchev–Trinajstić information content (AvgIpc) is 2.87. The Morgan fingerprint density at radius 1 is 1.19 bits per heavy atom. The predicted molar refractivity (Wildman–Crippen MR) is 71.3 cm³/mol. The van der Waals surface area contributed by atoms with Crippen molar-refractivity contribution >= 4 is 0 Å². The molecule has 0 aromatic carbocycles. The van der Waals surface area contributed by atoms with Gasteiger partial charge in [0.2, 0.25) is 0 Å². The van der Waals surface area contributed by atoms with Crippen LogP contribution in [0.3, 0.4) is 0 Å². The molecule has 0 radical (unpaired) electrons. The van der Waals surface area contributed by atoms with Gasteiger partial charge in [-0.15, -0.1) is 0 Å². The van der Waals surface area contributed by atoms with Gasteiger partial charge in [-0.25, -0.2) is 0 Å². The summed E-state index contributed by atoms with van der Waals surface area (Å²) in [6.45, 7) is 4.39. The van der Waals surface area contributed by atoms with E-state index in [4.69, 9.17) is 0 Å². The maximum absolute atomic E-state index is 2.48. The van der Waals surface area contributed by atoms with E-state index >= 15 is 0 Å². The average molecular weight is 216 g/mol. The van der Waals surface area contributed by atoms with Gasteiger partial charge in [-0.05, 0) is 56.8 Å². The van der Waals surface area contributed by atoms with Crippen molar-refractivity contribution in [3.8, 4) is 0 Å². The van der Waals surface area contributed by atoms with E-state index < -0.39 is 0 Å². The van der Waals surface area contributed by atoms with E-state index in [1.54, 1.807) is 5.57 Å². The summed E-state index contributed by atoms with van der Waals surface area (Å²) in [5, 5.41) is 0. The number of hydrogen-bond donors (Lipinski definition) is 0. The maximum atomic E-state index is 2.48. The van der Waals surface area contributed by atoms with Crippen molar-refractivity contribution in [1.82, 2.24) is 0 Å². The van der Waals surface area contributed by atoms with Gasteiger partial charge in [-0.1, -0.05) is 42.9 Å². The van der Waals surface area contributed by atoms with Crippen LogP contribution in [0.4, 0.5) is 0 Å². The third-order valence-electron chi connectivity index (χ3n) is 4.20. The lowest BCUT2D eigenvalue weighted by molar-refractivity contribution is 0.446. The molecule has 88 valence electrons. The second-order valence-electron chi connectivity index (χ2n) is 5.20. The van der Waals surface area contributed by atoms with Crippen LogP contribution in [0.2, 0.25) is 0 Å². The molecule has 0 spiro atoms. The highest BCUT2D eigenvalue weighted by Gasteiger charge is 2.40. The van der Waals surface area contributed by atoms with E-state index in [1.807, 2.05) is 0 Å². The lowest BCUT2D eigenvalue weighted by Gasteiger charge is -2.20. The molecule has 0 aliphatic heterocycles. The first kappa shape index (κ1) is 11.7. The van der Waals surface area contributed by atoms with Gasteiger partial charge >= 0.3 is 0 Å². The van der Waals surface area contributed by atoms with Gasteiger partial charge in [0.15, 0.2) is 0 Å². The largest absolute Gasteiger partial charge is 0.0885 e. The van der Waals surface area contributed by atoms with Crippen molar-refractivity contribution in [2.75, 3.05) is 0 Å². The second-order valence-corrected chi connectivity index (χ2v) is 5.20. The first-order valence-corrected chi connectivity index (χ1v) is 6.81. The van der Waals surface area contributed by atoms with E-state index in [0.717, 1.165) is 30.6 Å². The maximum Gasteiger partial charge on any atom is -0.0169 e. The summed E-state index contributed by atoms with van der Waals surface area (Å²) < 4.78 is 0. The van der Waals surface area contributed by atoms with E-state index in [1.165, 1.54) is 19.3 Å². The van der Waals surface area contributed by atoms with E-state index in [9.17, 15) is 0 Å². The molecule has 2 fully saturated rings. The van der Waals surface area contributed by atoms with Crippen LogP contribution in [-0.4, -0.2) is 0 Å². The molecule has 0 heterocycles. The summed E-state index contributed by atoms with van der Waals surface area (Å²) in [6, 6.07) is 0. The van der Waals surface area contributed by atoms with Crippen molar-refractivity contribution in [3.63, 3.8) is 0 Å². The minimum Gasteiger partial charge on any atom is -0.0885 e. The third kappa shape index (κ3) is 2.48. The summed E-state index contributed by atoms with van der Waals surface area (Å²) in [4.78, 5) is 0. The minimum absolute atomic E-state index is 0.878. The number of fused-ring (bicyclic) bond motifs is 2. The fourth-order valence-electron chi connectivity index (χ4n) is 3.35. The Kier molecular flexibility index (Phi) is 4.04. The molecule has 2 saturated carbocycles. The number of rotatable bonds is 4. The molecule has 2 bridgehead atoms. The number of allylic oxidation sites excluding steroid dienone is 6. The van der Waals surface area contributed by atoms with Crippen LogP contribution in [0.5, 0.6) is 0 Å². The van der Waals surface area contributed by atoms with Crippen molar-refractivity contribution in [2.45, 2.75) is 46.0 Å². The van der Waals surface area contributed by atoms with Gasteiger partial charge in [0.25, 0.3) is 0 Å². The standard InChI is InChI=1S/C16H24/c1-3-5-6-7-8-9-14-11-15-12-16(14)10-13(15)4-2/h4-6,8-9,14-16H,3,7,10-12H2,1-2H3/b6-5-,9-8?,13-4?. The zero-order valence-corrected chi connectivity index (χ0v) is 10.7. The Hall–Kier alpha value is -0.780. The fraction of sp³-hybridized carbons (Fsp3) is 0.625. The molecule has 0 aromatic heterocycles. The van der Waals surface area contributed by atoms with Crippen LogP contribution >= 0.6 is 0 Å². The Labute approximate surface area is 100 Å². The molecule has 3 unspecified atom stereocenters. The molecule has 2 aliphatic carbocycles. The van der Waals surface area contributed by atoms with Crippen molar-refractivity contribution in [2.24, 2.45) is 17.8 Å². The van der Waals surface area contributed by atoms with Crippen molar-refractivity contribution in [1.29, 1.82) is 0 Å². The van der Waals surface area contributed by atoms with Gasteiger partial charge in [-0.3, -0.25) is 0 Å². The van der Waals surface area contributed by atoms with Crippen LogP contribution < -0.4 is 0 Å². The van der Waals surface area contributed by atoms with Crippen molar-refractivity contribution in [3.05, 3.63) is 36.0 Å². The topological polar surface area (TPSA) is 0 Å². The Morgan fingerprint density at radius 2 is 2.06 bits per heavy atom. The van der Waals surface area contributed by atoms with Gasteiger partial charge in [-0.2, -0.15) is 0 Å². The lowest BCUT2D eigenvalue weighted by Crippen LogP contribution is -2.09. The van der Waals surface area contributed by atoms with Crippen LogP contribution in [0.1, 0.15) is 46.0 Å². The summed E-state index contributed by atoms with van der Waals surface area (Å²) in [7, 11) is 0. The highest BCUT2D eigenvalue weighted by atomic mass is 14.4. The zero-order chi connectivity index (χ0) is 11.4. The minimum atomic E-state index is 0.878. The molecular weight excluding hydrogens is 192 g/mol. The van der Waals surface area contributed by atoms with Gasteiger partial charge in [0.05, 0.1) is 0 Å². The normalized spacial score (nSPS) is 36.1. The Bertz CT molecular complexity index is 306. The molecule has 0 aromatic rings. The Morgan fingerprint density at radius 3 is 2.69 bits per heavy atom. The molecule has 0 saturated heterocycles. The van der Waals surface area contributed by atoms with Crippen LogP contribution in [0.15, 0.2) is 36.0 Å². The van der Waals surface area contributed by atoms with Crippen LogP contribution in [-0.2, 0) is 0 Å². The summed E-state index contributed by atoms with van der Waals surface area (Å²) >= 11 is 0. The molecule has 3 atom stereocenters.